The number of carbonyl (C=O) groups excluding carboxylic acids is 1. The molecule has 0 bridgehead atoms. The van der Waals surface area contributed by atoms with Gasteiger partial charge in [0.25, 0.3) is 0 Å². The Labute approximate surface area is 141 Å². The molecule has 1 unspecified atom stereocenters. The van der Waals surface area contributed by atoms with Crippen molar-refractivity contribution in [3.05, 3.63) is 51.7 Å². The highest BCUT2D eigenvalue weighted by atomic mass is 32.1. The van der Waals surface area contributed by atoms with Crippen molar-refractivity contribution in [1.82, 2.24) is 0 Å². The zero-order valence-corrected chi connectivity index (χ0v) is 14.5. The summed E-state index contributed by atoms with van der Waals surface area (Å²) < 4.78 is 0. The number of quaternary nitrogens is 1. The molecule has 1 aromatic heterocycles. The minimum atomic E-state index is 0.254. The molecule has 1 fully saturated rings. The van der Waals surface area contributed by atoms with Crippen LogP contribution in [0.1, 0.15) is 28.3 Å². The Morgan fingerprint density at radius 1 is 1.39 bits per heavy atom. The number of aryl methyl sites for hydroxylation is 1. The number of anilines is 1. The molecule has 23 heavy (non-hydrogen) atoms. The van der Waals surface area contributed by atoms with E-state index in [2.05, 4.69) is 43.1 Å². The predicted molar refractivity (Wildman–Crippen MR) is 94.5 cm³/mol. The predicted octanol–water partition coefficient (Wildman–Crippen LogP) is 2.02. The zero-order valence-electron chi connectivity index (χ0n) is 13.7. The van der Waals surface area contributed by atoms with Crippen LogP contribution in [-0.4, -0.2) is 32.1 Å². The molecule has 4 rings (SSSR count). The number of hydrogen-bond donors (Lipinski definition) is 1. The smallest absolute Gasteiger partial charge is 0.232 e. The highest BCUT2D eigenvalue weighted by Gasteiger charge is 2.45. The average molecular weight is 327 g/mol. The second kappa shape index (κ2) is 5.77. The molecular weight excluding hydrogens is 304 g/mol. The number of nitrogens with zero attached hydrogens (tertiary/aromatic N) is 1. The van der Waals surface area contributed by atoms with E-state index in [1.54, 1.807) is 16.2 Å². The number of fused-ring (bicyclic) bond motifs is 3. The molecule has 2 aromatic rings. The number of thiophene rings is 1. The summed E-state index contributed by atoms with van der Waals surface area (Å²) >= 11 is 1.67. The number of piperidine rings is 1. The monoisotopic (exact) mass is 327 g/mol. The van der Waals surface area contributed by atoms with Gasteiger partial charge >= 0.3 is 0 Å². The van der Waals surface area contributed by atoms with E-state index in [9.17, 15) is 4.79 Å². The van der Waals surface area contributed by atoms with E-state index in [0.717, 1.165) is 30.1 Å². The first-order valence-corrected chi connectivity index (χ1v) is 9.28. The van der Waals surface area contributed by atoms with Crippen LogP contribution in [0.5, 0.6) is 0 Å². The maximum absolute atomic E-state index is 13.0. The van der Waals surface area contributed by atoms with E-state index < -0.39 is 0 Å². The second-order valence-electron chi connectivity index (χ2n) is 6.96. The van der Waals surface area contributed by atoms with E-state index in [1.165, 1.54) is 11.1 Å². The lowest BCUT2D eigenvalue weighted by molar-refractivity contribution is -0.886. The Morgan fingerprint density at radius 2 is 2.26 bits per heavy atom. The average Bonchev–Trinajstić information content (AvgIpc) is 3.13. The molecule has 0 saturated carbocycles. The summed E-state index contributed by atoms with van der Waals surface area (Å²) in [5.74, 6) is 0.746. The third-order valence-corrected chi connectivity index (χ3v) is 6.12. The minimum Gasteiger partial charge on any atom is -0.337 e. The third kappa shape index (κ3) is 2.60. The molecule has 3 atom stereocenters. The fourth-order valence-corrected chi connectivity index (χ4v) is 4.87. The van der Waals surface area contributed by atoms with Gasteiger partial charge in [-0.1, -0.05) is 23.8 Å². The largest absolute Gasteiger partial charge is 0.337 e. The van der Waals surface area contributed by atoms with Gasteiger partial charge in [-0.2, -0.15) is 0 Å². The van der Waals surface area contributed by atoms with Crippen LogP contribution >= 0.6 is 11.3 Å². The Morgan fingerprint density at radius 3 is 3.04 bits per heavy atom. The lowest BCUT2D eigenvalue weighted by atomic mass is 9.89. The molecule has 0 aliphatic carbocycles. The minimum absolute atomic E-state index is 0.254. The first-order valence-electron chi connectivity index (χ1n) is 8.40. The van der Waals surface area contributed by atoms with Gasteiger partial charge in [0.2, 0.25) is 5.91 Å². The summed E-state index contributed by atoms with van der Waals surface area (Å²) in [5.41, 5.74) is 3.83. The Bertz CT molecular complexity index is 725. The van der Waals surface area contributed by atoms with Gasteiger partial charge < -0.3 is 9.80 Å². The maximum Gasteiger partial charge on any atom is 0.232 e. The molecule has 3 nitrogen and oxygen atoms in total. The quantitative estimate of drug-likeness (QED) is 0.897. The number of nitrogens with one attached hydrogen (secondary N) is 1. The van der Waals surface area contributed by atoms with E-state index >= 15 is 0 Å². The first kappa shape index (κ1) is 14.9. The maximum atomic E-state index is 13.0. The highest BCUT2D eigenvalue weighted by molar-refractivity contribution is 7.10. The summed E-state index contributed by atoms with van der Waals surface area (Å²) in [7, 11) is 2.27. The standard InChI is InChI=1S/C19H22N2OS/c1-13-5-6-17-15(10-13)16-12-20(2)8-7-18(16)21(17)19(22)11-14-4-3-9-23-14/h3-6,9-10,16,18H,7-8,11-12H2,1-2H3/p+1/t16-,18-/m1/s1. The number of rotatable bonds is 2. The summed E-state index contributed by atoms with van der Waals surface area (Å²) in [6, 6.07) is 11.0. The number of carbonyl (C=O) groups is 1. The van der Waals surface area contributed by atoms with Crippen molar-refractivity contribution < 1.29 is 9.69 Å². The van der Waals surface area contributed by atoms with E-state index in [1.807, 2.05) is 11.4 Å². The molecule has 2 aliphatic rings. The van der Waals surface area contributed by atoms with Crippen molar-refractivity contribution in [2.24, 2.45) is 0 Å². The van der Waals surface area contributed by atoms with Gasteiger partial charge in [0.15, 0.2) is 0 Å². The Hall–Kier alpha value is -1.65. The van der Waals surface area contributed by atoms with Gasteiger partial charge in [0.05, 0.1) is 38.5 Å². The van der Waals surface area contributed by atoms with Crippen LogP contribution in [0.3, 0.4) is 0 Å². The molecule has 1 amide bonds. The third-order valence-electron chi connectivity index (χ3n) is 5.25. The molecule has 1 saturated heterocycles. The molecule has 3 heterocycles. The van der Waals surface area contributed by atoms with Gasteiger partial charge in [-0.25, -0.2) is 0 Å². The number of likely N-dealkylation sites (N-methyl/N-ethyl adjacent to an activating group) is 1. The molecule has 1 aromatic carbocycles. The van der Waals surface area contributed by atoms with Crippen LogP contribution in [0, 0.1) is 6.92 Å². The molecule has 120 valence electrons. The van der Waals surface area contributed by atoms with Crippen molar-refractivity contribution in [3.63, 3.8) is 0 Å². The fourth-order valence-electron chi connectivity index (χ4n) is 4.17. The van der Waals surface area contributed by atoms with Crippen LogP contribution in [0.15, 0.2) is 35.7 Å². The molecule has 4 heteroatoms. The van der Waals surface area contributed by atoms with Crippen LogP contribution in [0.4, 0.5) is 5.69 Å². The van der Waals surface area contributed by atoms with Gasteiger partial charge in [0.1, 0.15) is 0 Å². The lowest BCUT2D eigenvalue weighted by Gasteiger charge is -2.34. The summed E-state index contributed by atoms with van der Waals surface area (Å²) in [6.45, 7) is 4.42. The Balaban J connectivity index is 1.70. The van der Waals surface area contributed by atoms with Gasteiger partial charge in [-0.05, 0) is 30.0 Å². The topological polar surface area (TPSA) is 24.8 Å². The lowest BCUT2D eigenvalue weighted by Crippen LogP contribution is -3.11. The van der Waals surface area contributed by atoms with E-state index in [0.29, 0.717) is 18.4 Å². The molecular formula is C19H23N2OS+. The summed E-state index contributed by atoms with van der Waals surface area (Å²) in [6.07, 6.45) is 1.62. The number of amides is 1. The van der Waals surface area contributed by atoms with Crippen LogP contribution in [0.25, 0.3) is 0 Å². The second-order valence-corrected chi connectivity index (χ2v) is 7.99. The number of hydrogen-bond acceptors (Lipinski definition) is 2. The van der Waals surface area contributed by atoms with Crippen LogP contribution in [-0.2, 0) is 11.2 Å². The number of benzene rings is 1. The fraction of sp³-hybridized carbons (Fsp3) is 0.421. The summed E-state index contributed by atoms with van der Waals surface area (Å²) in [4.78, 5) is 17.9. The number of likely N-dealkylation sites (tertiary alicyclic amines) is 1. The van der Waals surface area contributed by atoms with Crippen LogP contribution < -0.4 is 9.80 Å². The first-order chi connectivity index (χ1) is 11.1. The van der Waals surface area contributed by atoms with Crippen molar-refractivity contribution in [2.45, 2.75) is 31.7 Å². The van der Waals surface area contributed by atoms with Crippen molar-refractivity contribution in [3.8, 4) is 0 Å². The molecule has 2 aliphatic heterocycles. The van der Waals surface area contributed by atoms with Gasteiger partial charge in [-0.3, -0.25) is 4.79 Å². The highest BCUT2D eigenvalue weighted by Crippen LogP contribution is 2.43. The zero-order chi connectivity index (χ0) is 16.0. The van der Waals surface area contributed by atoms with E-state index in [4.69, 9.17) is 0 Å². The molecule has 0 radical (unpaired) electrons. The van der Waals surface area contributed by atoms with Crippen molar-refractivity contribution >= 4 is 22.9 Å². The molecule has 1 N–H and O–H groups in total. The Kier molecular flexibility index (Phi) is 3.74. The van der Waals surface area contributed by atoms with Crippen molar-refractivity contribution in [1.29, 1.82) is 0 Å². The van der Waals surface area contributed by atoms with Crippen LogP contribution in [0.2, 0.25) is 0 Å². The normalized spacial score (nSPS) is 26.0. The SMILES string of the molecule is Cc1ccc2c(c1)[C@H]1C[NH+](C)CC[C@H]1N2C(=O)Cc1cccs1. The van der Waals surface area contributed by atoms with Gasteiger partial charge in [0, 0.05) is 17.0 Å². The van der Waals surface area contributed by atoms with Gasteiger partial charge in [-0.15, -0.1) is 11.3 Å². The molecule has 0 spiro atoms. The summed E-state index contributed by atoms with van der Waals surface area (Å²) in [5, 5.41) is 2.05. The van der Waals surface area contributed by atoms with E-state index in [-0.39, 0.29) is 5.91 Å². The van der Waals surface area contributed by atoms with Crippen molar-refractivity contribution in [2.75, 3.05) is 25.0 Å².